The van der Waals surface area contributed by atoms with Crippen LogP contribution >= 0.6 is 23.2 Å². The van der Waals surface area contributed by atoms with Crippen molar-refractivity contribution < 1.29 is 9.18 Å². The number of hydrogen-bond donors (Lipinski definition) is 1. The van der Waals surface area contributed by atoms with Crippen molar-refractivity contribution in [3.8, 4) is 0 Å². The smallest absolute Gasteiger partial charge is 0.252 e. The Morgan fingerprint density at radius 2 is 2.11 bits per heavy atom. The molecule has 1 aromatic rings. The zero-order valence-electron chi connectivity index (χ0n) is 10.5. The molecule has 0 spiro atoms. The highest BCUT2D eigenvalue weighted by molar-refractivity contribution is 6.34. The van der Waals surface area contributed by atoms with Crippen molar-refractivity contribution in [3.63, 3.8) is 0 Å². The summed E-state index contributed by atoms with van der Waals surface area (Å²) in [6.07, 6.45) is 4.30. The molecule has 0 aromatic heterocycles. The monoisotopic (exact) mass is 303 g/mol. The summed E-state index contributed by atoms with van der Waals surface area (Å²) in [6, 6.07) is 4.22. The Morgan fingerprint density at radius 3 is 2.84 bits per heavy atom. The molecule has 0 radical (unpaired) electrons. The van der Waals surface area contributed by atoms with E-state index in [1.807, 2.05) is 0 Å². The molecule has 1 amide bonds. The van der Waals surface area contributed by atoms with Crippen molar-refractivity contribution in [2.24, 2.45) is 5.92 Å². The lowest BCUT2D eigenvalue weighted by molar-refractivity contribution is 0.0944. The number of halogens is 3. The van der Waals surface area contributed by atoms with Crippen LogP contribution in [0.2, 0.25) is 5.02 Å². The van der Waals surface area contributed by atoms with E-state index < -0.39 is 5.82 Å². The Hall–Kier alpha value is -0.800. The van der Waals surface area contributed by atoms with Crippen molar-refractivity contribution in [1.82, 2.24) is 5.32 Å². The second-order valence-corrected chi connectivity index (χ2v) is 5.81. The highest BCUT2D eigenvalue weighted by Crippen LogP contribution is 2.28. The van der Waals surface area contributed by atoms with Crippen LogP contribution in [-0.2, 0) is 0 Å². The minimum absolute atomic E-state index is 0.108. The van der Waals surface area contributed by atoms with Gasteiger partial charge in [-0.05, 0) is 30.9 Å². The average Bonchev–Trinajstić information content (AvgIpc) is 2.40. The Kier molecular flexibility index (Phi) is 5.06. The fourth-order valence-corrected chi connectivity index (χ4v) is 2.97. The summed E-state index contributed by atoms with van der Waals surface area (Å²) in [7, 11) is 0. The van der Waals surface area contributed by atoms with E-state index in [0.29, 0.717) is 6.54 Å². The first-order chi connectivity index (χ1) is 9.09. The molecule has 5 heteroatoms. The largest absolute Gasteiger partial charge is 0.352 e. The number of rotatable bonds is 3. The number of carbonyl (C=O) groups is 1. The summed E-state index contributed by atoms with van der Waals surface area (Å²) in [4.78, 5) is 12.0. The van der Waals surface area contributed by atoms with Crippen molar-refractivity contribution in [2.75, 3.05) is 6.54 Å². The number of nitrogens with one attached hydrogen (secondary N) is 1. The first kappa shape index (κ1) is 14.6. The number of alkyl halides is 1. The van der Waals surface area contributed by atoms with Gasteiger partial charge in [0.05, 0.1) is 10.6 Å². The summed E-state index contributed by atoms with van der Waals surface area (Å²) < 4.78 is 13.3. The van der Waals surface area contributed by atoms with Crippen molar-refractivity contribution in [1.29, 1.82) is 0 Å². The Bertz CT molecular complexity index is 467. The molecule has 0 heterocycles. The van der Waals surface area contributed by atoms with E-state index in [0.717, 1.165) is 25.7 Å². The normalized spacial score (nSPS) is 23.1. The molecule has 2 nitrogen and oxygen atoms in total. The van der Waals surface area contributed by atoms with Crippen molar-refractivity contribution in [2.45, 2.75) is 31.1 Å². The van der Waals surface area contributed by atoms with Crippen LogP contribution in [0.5, 0.6) is 0 Å². The van der Waals surface area contributed by atoms with Gasteiger partial charge in [0, 0.05) is 11.9 Å². The quantitative estimate of drug-likeness (QED) is 0.840. The van der Waals surface area contributed by atoms with Crippen LogP contribution in [0, 0.1) is 11.7 Å². The van der Waals surface area contributed by atoms with Gasteiger partial charge in [0.15, 0.2) is 0 Å². The van der Waals surface area contributed by atoms with E-state index >= 15 is 0 Å². The maximum Gasteiger partial charge on any atom is 0.252 e. The van der Waals surface area contributed by atoms with E-state index in [1.165, 1.54) is 18.2 Å². The summed E-state index contributed by atoms with van der Waals surface area (Å²) in [5.74, 6) is -0.646. The lowest BCUT2D eigenvalue weighted by Crippen LogP contribution is -2.34. The fourth-order valence-electron chi connectivity index (χ4n) is 2.39. The number of amides is 1. The lowest BCUT2D eigenvalue weighted by Gasteiger charge is -2.27. The van der Waals surface area contributed by atoms with E-state index in [2.05, 4.69) is 5.32 Å². The lowest BCUT2D eigenvalue weighted by atomic mass is 9.88. The predicted octanol–water partition coefficient (Wildman–Crippen LogP) is 4.01. The minimum Gasteiger partial charge on any atom is -0.352 e. The SMILES string of the molecule is O=C(NCC1CCCCC1Cl)c1cccc(F)c1Cl. The van der Waals surface area contributed by atoms with Crippen LogP contribution in [-0.4, -0.2) is 17.8 Å². The molecule has 0 saturated heterocycles. The second-order valence-electron chi connectivity index (χ2n) is 4.87. The van der Waals surface area contributed by atoms with Gasteiger partial charge in [-0.15, -0.1) is 11.6 Å². The zero-order valence-corrected chi connectivity index (χ0v) is 12.0. The second kappa shape index (κ2) is 6.58. The summed E-state index contributed by atoms with van der Waals surface area (Å²) in [6.45, 7) is 0.514. The molecule has 0 bridgehead atoms. The number of carbonyl (C=O) groups excluding carboxylic acids is 1. The van der Waals surface area contributed by atoms with E-state index in [4.69, 9.17) is 23.2 Å². The van der Waals surface area contributed by atoms with Gasteiger partial charge in [0.25, 0.3) is 5.91 Å². The van der Waals surface area contributed by atoms with Crippen LogP contribution in [0.25, 0.3) is 0 Å². The molecular weight excluding hydrogens is 288 g/mol. The van der Waals surface area contributed by atoms with Crippen molar-refractivity contribution in [3.05, 3.63) is 34.6 Å². The number of hydrogen-bond acceptors (Lipinski definition) is 1. The van der Waals surface area contributed by atoms with E-state index in [9.17, 15) is 9.18 Å². The third kappa shape index (κ3) is 3.61. The first-order valence-electron chi connectivity index (χ1n) is 6.46. The molecule has 2 rings (SSSR count). The first-order valence-corrected chi connectivity index (χ1v) is 7.27. The van der Waals surface area contributed by atoms with Gasteiger partial charge in [-0.1, -0.05) is 30.5 Å². The van der Waals surface area contributed by atoms with Crippen LogP contribution in [0.3, 0.4) is 0 Å². The van der Waals surface area contributed by atoms with Crippen LogP contribution < -0.4 is 5.32 Å². The molecule has 1 N–H and O–H groups in total. The van der Waals surface area contributed by atoms with Crippen molar-refractivity contribution >= 4 is 29.1 Å². The Balaban J connectivity index is 1.95. The van der Waals surface area contributed by atoms with Crippen LogP contribution in [0.4, 0.5) is 4.39 Å². The summed E-state index contributed by atoms with van der Waals surface area (Å²) >= 11 is 12.0. The predicted molar refractivity (Wildman–Crippen MR) is 75.3 cm³/mol. The molecule has 19 heavy (non-hydrogen) atoms. The van der Waals surface area contributed by atoms with Gasteiger partial charge in [-0.25, -0.2) is 4.39 Å². The molecule has 0 aliphatic heterocycles. The zero-order chi connectivity index (χ0) is 13.8. The van der Waals surface area contributed by atoms with E-state index in [-0.39, 0.29) is 27.8 Å². The van der Waals surface area contributed by atoms with Gasteiger partial charge in [-0.3, -0.25) is 4.79 Å². The Morgan fingerprint density at radius 1 is 1.37 bits per heavy atom. The molecule has 1 aromatic carbocycles. The molecular formula is C14H16Cl2FNO. The average molecular weight is 304 g/mol. The van der Waals surface area contributed by atoms with Crippen LogP contribution in [0.15, 0.2) is 18.2 Å². The highest BCUT2D eigenvalue weighted by Gasteiger charge is 2.24. The molecule has 2 unspecified atom stereocenters. The summed E-state index contributed by atoms with van der Waals surface area (Å²) in [5.41, 5.74) is 0.170. The topological polar surface area (TPSA) is 29.1 Å². The van der Waals surface area contributed by atoms with E-state index in [1.54, 1.807) is 0 Å². The van der Waals surface area contributed by atoms with Gasteiger partial charge in [0.1, 0.15) is 5.82 Å². The third-order valence-corrected chi connectivity index (χ3v) is 4.50. The molecule has 1 fully saturated rings. The van der Waals surface area contributed by atoms with Gasteiger partial charge < -0.3 is 5.32 Å². The highest BCUT2D eigenvalue weighted by atomic mass is 35.5. The maximum absolute atomic E-state index is 13.3. The van der Waals surface area contributed by atoms with Gasteiger partial charge in [0.2, 0.25) is 0 Å². The standard InChI is InChI=1S/C14H16Cl2FNO/c15-11-6-2-1-4-9(11)8-18-14(19)10-5-3-7-12(17)13(10)16/h3,5,7,9,11H,1-2,4,6,8H2,(H,18,19). The molecule has 1 aliphatic rings. The van der Waals surface area contributed by atoms with Gasteiger partial charge >= 0.3 is 0 Å². The third-order valence-electron chi connectivity index (χ3n) is 3.54. The number of benzene rings is 1. The molecule has 1 saturated carbocycles. The summed E-state index contributed by atoms with van der Waals surface area (Å²) in [5, 5.41) is 2.77. The molecule has 104 valence electrons. The Labute approximate surface area is 122 Å². The molecule has 1 aliphatic carbocycles. The minimum atomic E-state index is -0.581. The fraction of sp³-hybridized carbons (Fsp3) is 0.500. The van der Waals surface area contributed by atoms with Crippen LogP contribution in [0.1, 0.15) is 36.0 Å². The van der Waals surface area contributed by atoms with Gasteiger partial charge in [-0.2, -0.15) is 0 Å². The molecule has 2 atom stereocenters. The maximum atomic E-state index is 13.3.